The van der Waals surface area contributed by atoms with Gasteiger partial charge in [0.15, 0.2) is 0 Å². The van der Waals surface area contributed by atoms with Crippen LogP contribution in [0.5, 0.6) is 0 Å². The van der Waals surface area contributed by atoms with Gasteiger partial charge in [-0.2, -0.15) is 0 Å². The zero-order chi connectivity index (χ0) is 13.3. The lowest BCUT2D eigenvalue weighted by Gasteiger charge is -2.00. The third-order valence-corrected chi connectivity index (χ3v) is 2.31. The Bertz CT molecular complexity index is 329. The highest BCUT2D eigenvalue weighted by atomic mass is 16.5. The van der Waals surface area contributed by atoms with Gasteiger partial charge in [-0.25, -0.2) is 4.79 Å². The fraction of sp³-hybridized carbons (Fsp3) is 0.533. The molecule has 0 amide bonds. The van der Waals surface area contributed by atoms with Crippen molar-refractivity contribution in [1.29, 1.82) is 0 Å². The molecular formula is C15H24O2. The van der Waals surface area contributed by atoms with Crippen LogP contribution in [-0.2, 0) is 9.53 Å². The number of rotatable bonds is 6. The van der Waals surface area contributed by atoms with E-state index in [9.17, 15) is 4.79 Å². The SMILES string of the molecule is CCOC(=O)C(C)=CC=C(C)CCC=C(C)C. The average Bonchev–Trinajstić information content (AvgIpc) is 2.25. The molecule has 0 saturated carbocycles. The zero-order valence-electron chi connectivity index (χ0n) is 11.7. The van der Waals surface area contributed by atoms with Crippen molar-refractivity contribution in [3.8, 4) is 0 Å². The van der Waals surface area contributed by atoms with Crippen molar-refractivity contribution in [3.63, 3.8) is 0 Å². The van der Waals surface area contributed by atoms with Crippen LogP contribution in [-0.4, -0.2) is 12.6 Å². The molecule has 0 unspecified atom stereocenters. The summed E-state index contributed by atoms with van der Waals surface area (Å²) in [6.45, 7) is 10.3. The molecule has 0 bridgehead atoms. The van der Waals surface area contributed by atoms with E-state index in [2.05, 4.69) is 26.8 Å². The Morgan fingerprint density at radius 1 is 1.12 bits per heavy atom. The third kappa shape index (κ3) is 8.49. The predicted octanol–water partition coefficient (Wildman–Crippen LogP) is 4.19. The Kier molecular flexibility index (Phi) is 8.12. The Morgan fingerprint density at radius 3 is 2.29 bits per heavy atom. The molecule has 96 valence electrons. The number of carbonyl (C=O) groups is 1. The number of allylic oxidation sites excluding steroid dienone is 5. The van der Waals surface area contributed by atoms with Crippen LogP contribution in [0.15, 0.2) is 34.9 Å². The second-order valence-electron chi connectivity index (χ2n) is 4.40. The Hall–Kier alpha value is -1.31. The van der Waals surface area contributed by atoms with Crippen molar-refractivity contribution in [2.75, 3.05) is 6.61 Å². The molecule has 2 nitrogen and oxygen atoms in total. The normalized spacial score (nSPS) is 12.3. The maximum absolute atomic E-state index is 11.3. The zero-order valence-corrected chi connectivity index (χ0v) is 11.7. The summed E-state index contributed by atoms with van der Waals surface area (Å²) in [4.78, 5) is 11.3. The molecule has 0 aliphatic carbocycles. The fourth-order valence-corrected chi connectivity index (χ4v) is 1.25. The van der Waals surface area contributed by atoms with Crippen LogP contribution in [0.25, 0.3) is 0 Å². The van der Waals surface area contributed by atoms with Gasteiger partial charge in [-0.15, -0.1) is 0 Å². The summed E-state index contributed by atoms with van der Waals surface area (Å²) in [5, 5.41) is 0. The standard InChI is InChI=1S/C15H24O2/c1-6-17-15(16)14(5)11-10-13(4)9-7-8-12(2)3/h8,10-11H,6-7,9H2,1-5H3. The first kappa shape index (κ1) is 15.7. The first-order chi connectivity index (χ1) is 7.97. The molecule has 2 heteroatoms. The first-order valence-electron chi connectivity index (χ1n) is 6.12. The number of esters is 1. The van der Waals surface area contributed by atoms with Crippen LogP contribution in [0, 0.1) is 0 Å². The summed E-state index contributed by atoms with van der Waals surface area (Å²) < 4.78 is 4.90. The van der Waals surface area contributed by atoms with E-state index in [0.29, 0.717) is 12.2 Å². The molecule has 0 heterocycles. The summed E-state index contributed by atoms with van der Waals surface area (Å²) in [6.07, 6.45) is 8.12. The number of hydrogen-bond acceptors (Lipinski definition) is 2. The monoisotopic (exact) mass is 236 g/mol. The van der Waals surface area contributed by atoms with Crippen molar-refractivity contribution in [3.05, 3.63) is 34.9 Å². The molecule has 0 aliphatic rings. The maximum atomic E-state index is 11.3. The molecule has 0 aromatic heterocycles. The van der Waals surface area contributed by atoms with Gasteiger partial charge in [-0.05, 0) is 47.5 Å². The molecule has 0 saturated heterocycles. The molecule has 0 atom stereocenters. The number of carbonyl (C=O) groups excluding carboxylic acids is 1. The highest BCUT2D eigenvalue weighted by Crippen LogP contribution is 2.08. The van der Waals surface area contributed by atoms with Gasteiger partial charge >= 0.3 is 5.97 Å². The van der Waals surface area contributed by atoms with Crippen molar-refractivity contribution in [1.82, 2.24) is 0 Å². The minimum Gasteiger partial charge on any atom is -0.463 e. The smallest absolute Gasteiger partial charge is 0.333 e. The van der Waals surface area contributed by atoms with Gasteiger partial charge < -0.3 is 4.74 Å². The lowest BCUT2D eigenvalue weighted by Crippen LogP contribution is -2.04. The Morgan fingerprint density at radius 2 is 1.76 bits per heavy atom. The molecule has 0 aliphatic heterocycles. The van der Waals surface area contributed by atoms with Crippen molar-refractivity contribution >= 4 is 5.97 Å². The molecule has 0 aromatic carbocycles. The van der Waals surface area contributed by atoms with Crippen molar-refractivity contribution in [2.24, 2.45) is 0 Å². The van der Waals surface area contributed by atoms with E-state index in [1.165, 1.54) is 11.1 Å². The second-order valence-corrected chi connectivity index (χ2v) is 4.40. The largest absolute Gasteiger partial charge is 0.463 e. The summed E-state index contributed by atoms with van der Waals surface area (Å²) in [5.41, 5.74) is 3.26. The van der Waals surface area contributed by atoms with Crippen LogP contribution >= 0.6 is 0 Å². The van der Waals surface area contributed by atoms with Crippen LogP contribution in [0.2, 0.25) is 0 Å². The topological polar surface area (TPSA) is 26.3 Å². The van der Waals surface area contributed by atoms with Crippen LogP contribution in [0.4, 0.5) is 0 Å². The molecular weight excluding hydrogens is 212 g/mol. The summed E-state index contributed by atoms with van der Waals surface area (Å²) in [5.74, 6) is -0.235. The van der Waals surface area contributed by atoms with Crippen LogP contribution in [0.3, 0.4) is 0 Å². The number of ether oxygens (including phenoxy) is 1. The highest BCUT2D eigenvalue weighted by Gasteiger charge is 2.02. The predicted molar refractivity (Wildman–Crippen MR) is 72.8 cm³/mol. The third-order valence-electron chi connectivity index (χ3n) is 2.31. The van der Waals surface area contributed by atoms with Crippen molar-refractivity contribution in [2.45, 2.75) is 47.5 Å². The average molecular weight is 236 g/mol. The molecule has 0 rings (SSSR count). The highest BCUT2D eigenvalue weighted by molar-refractivity contribution is 5.88. The van der Waals surface area contributed by atoms with Crippen LogP contribution < -0.4 is 0 Å². The van der Waals surface area contributed by atoms with E-state index in [-0.39, 0.29) is 5.97 Å². The molecule has 17 heavy (non-hydrogen) atoms. The van der Waals surface area contributed by atoms with Crippen LogP contribution in [0.1, 0.15) is 47.5 Å². The lowest BCUT2D eigenvalue weighted by atomic mass is 10.1. The molecule has 0 N–H and O–H groups in total. The Balaban J connectivity index is 4.25. The fourth-order valence-electron chi connectivity index (χ4n) is 1.25. The van der Waals surface area contributed by atoms with E-state index >= 15 is 0 Å². The molecule has 0 fully saturated rings. The van der Waals surface area contributed by atoms with Gasteiger partial charge in [0.25, 0.3) is 0 Å². The second kappa shape index (κ2) is 8.80. The minimum absolute atomic E-state index is 0.235. The summed E-state index contributed by atoms with van der Waals surface area (Å²) in [6, 6.07) is 0. The quantitative estimate of drug-likeness (QED) is 0.299. The molecule has 0 aromatic rings. The lowest BCUT2D eigenvalue weighted by molar-refractivity contribution is -0.138. The Labute approximate surface area is 105 Å². The molecule has 0 radical (unpaired) electrons. The van der Waals surface area contributed by atoms with Gasteiger partial charge in [-0.1, -0.05) is 29.4 Å². The van der Waals surface area contributed by atoms with Gasteiger partial charge in [0, 0.05) is 5.57 Å². The van der Waals surface area contributed by atoms with Gasteiger partial charge in [0.05, 0.1) is 6.61 Å². The van der Waals surface area contributed by atoms with Gasteiger partial charge in [-0.3, -0.25) is 0 Å². The van der Waals surface area contributed by atoms with E-state index in [4.69, 9.17) is 4.74 Å². The first-order valence-corrected chi connectivity index (χ1v) is 6.12. The van der Waals surface area contributed by atoms with E-state index < -0.39 is 0 Å². The van der Waals surface area contributed by atoms with E-state index in [1.807, 2.05) is 19.1 Å². The van der Waals surface area contributed by atoms with E-state index in [0.717, 1.165) is 12.8 Å². The van der Waals surface area contributed by atoms with Gasteiger partial charge in [0.2, 0.25) is 0 Å². The molecule has 0 spiro atoms. The van der Waals surface area contributed by atoms with Gasteiger partial charge in [0.1, 0.15) is 0 Å². The summed E-state index contributed by atoms with van der Waals surface area (Å²) >= 11 is 0. The maximum Gasteiger partial charge on any atom is 0.333 e. The number of hydrogen-bond donors (Lipinski definition) is 0. The minimum atomic E-state index is -0.235. The summed E-state index contributed by atoms with van der Waals surface area (Å²) in [7, 11) is 0. The van der Waals surface area contributed by atoms with Crippen molar-refractivity contribution < 1.29 is 9.53 Å². The van der Waals surface area contributed by atoms with E-state index in [1.54, 1.807) is 6.92 Å².